The van der Waals surface area contributed by atoms with Crippen LogP contribution in [0, 0.1) is 5.92 Å². The molecule has 0 unspecified atom stereocenters. The summed E-state index contributed by atoms with van der Waals surface area (Å²) >= 11 is 7.04. The Bertz CT molecular complexity index is 995. The second-order valence-corrected chi connectivity index (χ2v) is 8.70. The van der Waals surface area contributed by atoms with Crippen LogP contribution in [-0.4, -0.2) is 18.2 Å². The van der Waals surface area contributed by atoms with E-state index in [-0.39, 0.29) is 12.5 Å². The van der Waals surface area contributed by atoms with Gasteiger partial charge in [-0.15, -0.1) is 0 Å². The van der Waals surface area contributed by atoms with Crippen LogP contribution in [0.4, 0.5) is 0 Å². The number of nitrogens with one attached hydrogen (secondary N) is 1. The van der Waals surface area contributed by atoms with Crippen molar-refractivity contribution in [1.29, 1.82) is 0 Å². The minimum Gasteiger partial charge on any atom is -0.483 e. The van der Waals surface area contributed by atoms with Gasteiger partial charge in [0.1, 0.15) is 5.75 Å². The molecule has 0 aromatic heterocycles. The second-order valence-electron chi connectivity index (χ2n) is 7.00. The van der Waals surface area contributed by atoms with E-state index in [0.29, 0.717) is 11.7 Å². The molecule has 0 bridgehead atoms. The molecule has 1 atom stereocenters. The van der Waals surface area contributed by atoms with E-state index in [0.717, 1.165) is 49.4 Å². The maximum absolute atomic E-state index is 12.2. The van der Waals surface area contributed by atoms with Crippen molar-refractivity contribution in [3.63, 3.8) is 0 Å². The van der Waals surface area contributed by atoms with E-state index in [2.05, 4.69) is 55.0 Å². The maximum atomic E-state index is 12.2. The van der Waals surface area contributed by atoms with E-state index in [1.54, 1.807) is 0 Å². The Morgan fingerprint density at radius 3 is 2.86 bits per heavy atom. The van der Waals surface area contributed by atoms with Crippen LogP contribution in [0.5, 0.6) is 5.75 Å². The van der Waals surface area contributed by atoms with Gasteiger partial charge in [-0.2, -0.15) is 5.10 Å². The lowest BCUT2D eigenvalue weighted by atomic mass is 9.85. The van der Waals surface area contributed by atoms with Gasteiger partial charge in [0.25, 0.3) is 5.91 Å². The van der Waals surface area contributed by atoms with E-state index in [9.17, 15) is 4.79 Å². The number of benzene rings is 2. The highest BCUT2D eigenvalue weighted by molar-refractivity contribution is 9.11. The number of carbonyl (C=O) groups is 1. The Balaban J connectivity index is 1.63. The van der Waals surface area contributed by atoms with Crippen molar-refractivity contribution < 1.29 is 9.53 Å². The van der Waals surface area contributed by atoms with Gasteiger partial charge in [0.15, 0.2) is 6.61 Å². The zero-order chi connectivity index (χ0) is 20.3. The van der Waals surface area contributed by atoms with Gasteiger partial charge >= 0.3 is 0 Å². The largest absolute Gasteiger partial charge is 0.483 e. The minimum atomic E-state index is -0.291. The van der Waals surface area contributed by atoms with Crippen LogP contribution in [0.15, 0.2) is 68.2 Å². The van der Waals surface area contributed by atoms with Crippen molar-refractivity contribution in [3.8, 4) is 5.75 Å². The number of allylic oxidation sites excluding steroid dienone is 3. The topological polar surface area (TPSA) is 50.7 Å². The van der Waals surface area contributed by atoms with E-state index in [1.165, 1.54) is 0 Å². The number of rotatable bonds is 5. The number of amides is 1. The van der Waals surface area contributed by atoms with Crippen molar-refractivity contribution in [1.82, 2.24) is 5.43 Å². The highest BCUT2D eigenvalue weighted by Gasteiger charge is 2.19. The smallest absolute Gasteiger partial charge is 0.277 e. The van der Waals surface area contributed by atoms with Gasteiger partial charge in [0.05, 0.1) is 10.2 Å². The lowest BCUT2D eigenvalue weighted by Crippen LogP contribution is -2.27. The molecular weight excluding hydrogens is 484 g/mol. The molecule has 0 radical (unpaired) electrons. The lowest BCUT2D eigenvalue weighted by Gasteiger charge is -2.22. The van der Waals surface area contributed by atoms with Gasteiger partial charge in [0.2, 0.25) is 0 Å². The molecule has 0 saturated heterocycles. The number of nitrogens with zero attached hydrogens (tertiary/aromatic N) is 1. The zero-order valence-electron chi connectivity index (χ0n) is 15.9. The van der Waals surface area contributed by atoms with E-state index in [4.69, 9.17) is 4.74 Å². The lowest BCUT2D eigenvalue weighted by molar-refractivity contribution is -0.123. The molecule has 2 aromatic rings. The Labute approximate surface area is 182 Å². The third-order valence-electron chi connectivity index (χ3n) is 4.86. The average Bonchev–Trinajstić information content (AvgIpc) is 2.66. The molecule has 1 amide bonds. The summed E-state index contributed by atoms with van der Waals surface area (Å²) < 4.78 is 7.53. The first-order valence-corrected chi connectivity index (χ1v) is 10.6. The highest BCUT2D eigenvalue weighted by Crippen LogP contribution is 2.34. The molecule has 4 nitrogen and oxygen atoms in total. The molecule has 1 N–H and O–H groups in total. The predicted octanol–water partition coefficient (Wildman–Crippen LogP) is 6.15. The molecule has 2 aromatic carbocycles. The minimum absolute atomic E-state index is 0.107. The first kappa shape index (κ1) is 20.8. The van der Waals surface area contributed by atoms with Gasteiger partial charge in [-0.3, -0.25) is 4.79 Å². The van der Waals surface area contributed by atoms with Crippen molar-refractivity contribution in [2.24, 2.45) is 11.0 Å². The van der Waals surface area contributed by atoms with Crippen LogP contribution in [0.25, 0.3) is 10.8 Å². The first-order valence-electron chi connectivity index (χ1n) is 9.03. The molecule has 0 aliphatic heterocycles. The average molecular weight is 506 g/mol. The Kier molecular flexibility index (Phi) is 6.73. The first-order chi connectivity index (χ1) is 13.3. The maximum Gasteiger partial charge on any atom is 0.277 e. The number of carbonyl (C=O) groups excluding carboxylic acids is 1. The van der Waals surface area contributed by atoms with Crippen LogP contribution >= 0.6 is 31.9 Å². The fourth-order valence-corrected chi connectivity index (χ4v) is 4.07. The molecule has 6 heteroatoms. The number of halogens is 2. The molecular formula is C22H22Br2N2O2. The summed E-state index contributed by atoms with van der Waals surface area (Å²) in [5.41, 5.74) is 5.74. The van der Waals surface area contributed by atoms with Crippen molar-refractivity contribution in [3.05, 3.63) is 63.1 Å². The van der Waals surface area contributed by atoms with Crippen molar-refractivity contribution in [2.45, 2.75) is 26.7 Å². The number of fused-ring (bicyclic) bond motifs is 1. The monoisotopic (exact) mass is 504 g/mol. The molecule has 0 saturated carbocycles. The predicted molar refractivity (Wildman–Crippen MR) is 122 cm³/mol. The second kappa shape index (κ2) is 9.05. The quantitative estimate of drug-likeness (QED) is 0.391. The fraction of sp³-hybridized carbons (Fsp3) is 0.273. The summed E-state index contributed by atoms with van der Waals surface area (Å²) in [6.07, 6.45) is 3.92. The fourth-order valence-electron chi connectivity index (χ4n) is 3.08. The van der Waals surface area contributed by atoms with Crippen molar-refractivity contribution >= 4 is 54.3 Å². The Hall–Kier alpha value is -1.92. The summed E-state index contributed by atoms with van der Waals surface area (Å²) in [6.45, 7) is 7.97. The number of hydrogen-bond donors (Lipinski definition) is 1. The third-order valence-corrected chi connectivity index (χ3v) is 6.17. The van der Waals surface area contributed by atoms with Gasteiger partial charge in [-0.1, -0.05) is 46.3 Å². The molecule has 1 aliphatic rings. The molecule has 0 fully saturated rings. The summed E-state index contributed by atoms with van der Waals surface area (Å²) in [5.74, 6) is 0.707. The molecule has 146 valence electrons. The van der Waals surface area contributed by atoms with Crippen LogP contribution in [0.2, 0.25) is 0 Å². The Morgan fingerprint density at radius 1 is 1.32 bits per heavy atom. The standard InChI is InChI=1S/C22H22Br2N2O2/c1-13(2)15-5-4-14(3)19(11-15)25-26-21(27)12-28-20-9-6-16-10-17(23)7-8-18(16)22(20)24/h4,6-10,15H,1,5,11-12H2,2-3H3,(H,26,27)/b25-19-/t15-/m1/s1. The third kappa shape index (κ3) is 4.92. The summed E-state index contributed by atoms with van der Waals surface area (Å²) in [6, 6.07) is 9.82. The Morgan fingerprint density at radius 2 is 2.11 bits per heavy atom. The molecule has 0 spiro atoms. The molecule has 1 aliphatic carbocycles. The summed E-state index contributed by atoms with van der Waals surface area (Å²) in [4.78, 5) is 12.2. The molecule has 3 rings (SSSR count). The van der Waals surface area contributed by atoms with E-state index in [1.807, 2.05) is 44.2 Å². The zero-order valence-corrected chi connectivity index (χ0v) is 19.1. The number of ether oxygens (including phenoxy) is 1. The van der Waals surface area contributed by atoms with Gasteiger partial charge in [0, 0.05) is 4.47 Å². The van der Waals surface area contributed by atoms with Crippen LogP contribution in [0.1, 0.15) is 26.7 Å². The summed E-state index contributed by atoms with van der Waals surface area (Å²) in [5, 5.41) is 6.40. The van der Waals surface area contributed by atoms with E-state index >= 15 is 0 Å². The SMILES string of the molecule is C=C(C)[C@@H]1CC=C(C)/C(=N\NC(=O)COc2ccc3cc(Br)ccc3c2Br)C1. The molecule has 28 heavy (non-hydrogen) atoms. The van der Waals surface area contributed by atoms with Crippen LogP contribution < -0.4 is 10.2 Å². The van der Waals surface area contributed by atoms with Gasteiger partial charge < -0.3 is 4.74 Å². The summed E-state index contributed by atoms with van der Waals surface area (Å²) in [7, 11) is 0. The van der Waals surface area contributed by atoms with Gasteiger partial charge in [-0.25, -0.2) is 5.43 Å². The number of hydrazone groups is 1. The van der Waals surface area contributed by atoms with Crippen LogP contribution in [0.3, 0.4) is 0 Å². The number of hydrogen-bond acceptors (Lipinski definition) is 3. The van der Waals surface area contributed by atoms with Gasteiger partial charge in [-0.05, 0) is 83.1 Å². The molecule has 0 heterocycles. The van der Waals surface area contributed by atoms with E-state index < -0.39 is 0 Å². The van der Waals surface area contributed by atoms with Crippen LogP contribution in [-0.2, 0) is 4.79 Å². The highest BCUT2D eigenvalue weighted by atomic mass is 79.9. The normalized spacial score (nSPS) is 18.1. The van der Waals surface area contributed by atoms with Crippen molar-refractivity contribution in [2.75, 3.05) is 6.61 Å².